The first-order chi connectivity index (χ1) is 7.63. The van der Waals surface area contributed by atoms with Gasteiger partial charge in [-0.15, -0.1) is 0 Å². The van der Waals surface area contributed by atoms with E-state index in [9.17, 15) is 4.79 Å². The Morgan fingerprint density at radius 3 is 2.75 bits per heavy atom. The molecule has 94 valence electrons. The quantitative estimate of drug-likeness (QED) is 0.643. The molecule has 1 atom stereocenters. The van der Waals surface area contributed by atoms with Crippen molar-refractivity contribution in [2.45, 2.75) is 64.2 Å². The third kappa shape index (κ3) is 4.49. The standard InChI is InChI=1S/C12H24N2O2/c1-3-4-5-6-14-12(15)9(2)16-11-7-10(13)8-11/h9-11H,3-8,13H2,1-2H3,(H,14,15). The molecule has 0 saturated heterocycles. The van der Waals surface area contributed by atoms with Gasteiger partial charge >= 0.3 is 0 Å². The van der Waals surface area contributed by atoms with Crippen molar-refractivity contribution in [2.75, 3.05) is 6.54 Å². The Hall–Kier alpha value is -0.610. The molecule has 0 aromatic carbocycles. The first kappa shape index (κ1) is 13.5. The predicted octanol–water partition coefficient (Wildman–Crippen LogP) is 1.19. The SMILES string of the molecule is CCCCCNC(=O)C(C)OC1CC(N)C1. The lowest BCUT2D eigenvalue weighted by atomic mass is 9.90. The number of unbranched alkanes of at least 4 members (excludes halogenated alkanes) is 2. The van der Waals surface area contributed by atoms with E-state index < -0.39 is 0 Å². The highest BCUT2D eigenvalue weighted by Crippen LogP contribution is 2.22. The van der Waals surface area contributed by atoms with Crippen LogP contribution in [0.15, 0.2) is 0 Å². The van der Waals surface area contributed by atoms with Gasteiger partial charge in [-0.1, -0.05) is 19.8 Å². The average molecular weight is 228 g/mol. The molecule has 0 spiro atoms. The minimum absolute atomic E-state index is 0.00317. The van der Waals surface area contributed by atoms with Crippen LogP contribution in [-0.2, 0) is 9.53 Å². The van der Waals surface area contributed by atoms with Gasteiger partial charge in [0.05, 0.1) is 6.10 Å². The number of carbonyl (C=O) groups is 1. The summed E-state index contributed by atoms with van der Waals surface area (Å²) in [6, 6.07) is 0.268. The van der Waals surface area contributed by atoms with Gasteiger partial charge in [0, 0.05) is 12.6 Å². The highest BCUT2D eigenvalue weighted by Gasteiger charge is 2.29. The second-order valence-electron chi connectivity index (χ2n) is 4.63. The van der Waals surface area contributed by atoms with E-state index in [1.54, 1.807) is 6.92 Å². The fraction of sp³-hybridized carbons (Fsp3) is 0.917. The molecule has 4 heteroatoms. The van der Waals surface area contributed by atoms with Gasteiger partial charge in [0.1, 0.15) is 6.10 Å². The molecule has 0 bridgehead atoms. The van der Waals surface area contributed by atoms with E-state index in [0.29, 0.717) is 0 Å². The van der Waals surface area contributed by atoms with E-state index in [0.717, 1.165) is 32.2 Å². The zero-order valence-corrected chi connectivity index (χ0v) is 10.4. The van der Waals surface area contributed by atoms with Crippen LogP contribution in [0.3, 0.4) is 0 Å². The second kappa shape index (κ2) is 6.86. The van der Waals surface area contributed by atoms with Crippen LogP contribution < -0.4 is 11.1 Å². The van der Waals surface area contributed by atoms with Gasteiger partial charge in [0.15, 0.2) is 0 Å². The van der Waals surface area contributed by atoms with Crippen LogP contribution in [0.5, 0.6) is 0 Å². The van der Waals surface area contributed by atoms with Crippen LogP contribution in [0.2, 0.25) is 0 Å². The van der Waals surface area contributed by atoms with Gasteiger partial charge in [-0.25, -0.2) is 0 Å². The molecule has 1 rings (SSSR count). The molecule has 4 nitrogen and oxygen atoms in total. The summed E-state index contributed by atoms with van der Waals surface area (Å²) in [5, 5.41) is 2.89. The van der Waals surface area contributed by atoms with Crippen LogP contribution in [0.25, 0.3) is 0 Å². The molecule has 1 aliphatic carbocycles. The number of rotatable bonds is 7. The third-order valence-corrected chi connectivity index (χ3v) is 2.98. The number of nitrogens with one attached hydrogen (secondary N) is 1. The fourth-order valence-corrected chi connectivity index (χ4v) is 1.80. The van der Waals surface area contributed by atoms with E-state index >= 15 is 0 Å². The van der Waals surface area contributed by atoms with Crippen molar-refractivity contribution >= 4 is 5.91 Å². The van der Waals surface area contributed by atoms with Gasteiger partial charge in [-0.3, -0.25) is 4.79 Å². The molecular weight excluding hydrogens is 204 g/mol. The third-order valence-electron chi connectivity index (χ3n) is 2.98. The number of nitrogens with two attached hydrogens (primary N) is 1. The minimum atomic E-state index is -0.348. The van der Waals surface area contributed by atoms with Gasteiger partial charge in [-0.05, 0) is 26.2 Å². The molecule has 3 N–H and O–H groups in total. The lowest BCUT2D eigenvalue weighted by Gasteiger charge is -2.33. The molecule has 0 radical (unpaired) electrons. The summed E-state index contributed by atoms with van der Waals surface area (Å²) in [6.07, 6.45) is 4.98. The van der Waals surface area contributed by atoms with Crippen LogP contribution in [0.1, 0.15) is 46.0 Å². The Labute approximate surface area is 97.9 Å². The van der Waals surface area contributed by atoms with Crippen molar-refractivity contribution in [1.29, 1.82) is 0 Å². The van der Waals surface area contributed by atoms with Gasteiger partial charge in [0.25, 0.3) is 0 Å². The Balaban J connectivity index is 2.06. The van der Waals surface area contributed by atoms with Crippen molar-refractivity contribution < 1.29 is 9.53 Å². The van der Waals surface area contributed by atoms with Gasteiger partial charge < -0.3 is 15.8 Å². The summed E-state index contributed by atoms with van der Waals surface area (Å²) < 4.78 is 5.58. The number of hydrogen-bond donors (Lipinski definition) is 2. The second-order valence-corrected chi connectivity index (χ2v) is 4.63. The van der Waals surface area contributed by atoms with Crippen molar-refractivity contribution in [3.05, 3.63) is 0 Å². The summed E-state index contributed by atoms with van der Waals surface area (Å²) in [5.41, 5.74) is 5.65. The zero-order chi connectivity index (χ0) is 12.0. The Kier molecular flexibility index (Phi) is 5.77. The lowest BCUT2D eigenvalue weighted by molar-refractivity contribution is -0.139. The van der Waals surface area contributed by atoms with E-state index in [4.69, 9.17) is 10.5 Å². The summed E-state index contributed by atoms with van der Waals surface area (Å²) in [5.74, 6) is -0.00317. The lowest BCUT2D eigenvalue weighted by Crippen LogP contribution is -2.46. The summed E-state index contributed by atoms with van der Waals surface area (Å²) in [6.45, 7) is 4.71. The average Bonchev–Trinajstić information content (AvgIpc) is 2.21. The van der Waals surface area contributed by atoms with Gasteiger partial charge in [0.2, 0.25) is 5.91 Å². The first-order valence-corrected chi connectivity index (χ1v) is 6.32. The number of amides is 1. The topological polar surface area (TPSA) is 64.3 Å². The zero-order valence-electron chi connectivity index (χ0n) is 10.4. The monoisotopic (exact) mass is 228 g/mol. The Bertz CT molecular complexity index is 215. The van der Waals surface area contributed by atoms with Gasteiger partial charge in [-0.2, -0.15) is 0 Å². The molecule has 1 unspecified atom stereocenters. The van der Waals surface area contributed by atoms with Crippen LogP contribution in [-0.4, -0.2) is 30.7 Å². The van der Waals surface area contributed by atoms with Crippen molar-refractivity contribution in [3.8, 4) is 0 Å². The number of carbonyl (C=O) groups excluding carboxylic acids is 1. The molecule has 0 aromatic rings. The Morgan fingerprint density at radius 1 is 1.50 bits per heavy atom. The van der Waals surface area contributed by atoms with E-state index in [1.807, 2.05) is 0 Å². The molecule has 1 amide bonds. The summed E-state index contributed by atoms with van der Waals surface area (Å²) >= 11 is 0. The molecule has 16 heavy (non-hydrogen) atoms. The van der Waals surface area contributed by atoms with Crippen molar-refractivity contribution in [1.82, 2.24) is 5.32 Å². The highest BCUT2D eigenvalue weighted by molar-refractivity contribution is 5.80. The molecular formula is C12H24N2O2. The normalized spacial score (nSPS) is 25.9. The minimum Gasteiger partial charge on any atom is -0.365 e. The molecule has 0 aliphatic heterocycles. The maximum Gasteiger partial charge on any atom is 0.248 e. The largest absolute Gasteiger partial charge is 0.365 e. The van der Waals surface area contributed by atoms with Crippen LogP contribution in [0, 0.1) is 0 Å². The maximum absolute atomic E-state index is 11.6. The number of ether oxygens (including phenoxy) is 1. The smallest absolute Gasteiger partial charge is 0.248 e. The summed E-state index contributed by atoms with van der Waals surface area (Å²) in [7, 11) is 0. The predicted molar refractivity (Wildman–Crippen MR) is 64.1 cm³/mol. The highest BCUT2D eigenvalue weighted by atomic mass is 16.5. The molecule has 1 saturated carbocycles. The van der Waals surface area contributed by atoms with Crippen molar-refractivity contribution in [3.63, 3.8) is 0 Å². The van der Waals surface area contributed by atoms with E-state index in [2.05, 4.69) is 12.2 Å². The van der Waals surface area contributed by atoms with E-state index in [1.165, 1.54) is 6.42 Å². The molecule has 0 heterocycles. The molecule has 1 aliphatic rings. The Morgan fingerprint density at radius 2 is 2.19 bits per heavy atom. The maximum atomic E-state index is 11.6. The first-order valence-electron chi connectivity index (χ1n) is 6.32. The van der Waals surface area contributed by atoms with Crippen LogP contribution >= 0.6 is 0 Å². The molecule has 0 aromatic heterocycles. The fourth-order valence-electron chi connectivity index (χ4n) is 1.80. The van der Waals surface area contributed by atoms with Crippen molar-refractivity contribution in [2.24, 2.45) is 5.73 Å². The summed E-state index contributed by atoms with van der Waals surface area (Å²) in [4.78, 5) is 11.6. The van der Waals surface area contributed by atoms with Crippen LogP contribution in [0.4, 0.5) is 0 Å². The molecule has 1 fully saturated rings. The van der Waals surface area contributed by atoms with E-state index in [-0.39, 0.29) is 24.2 Å². The number of hydrogen-bond acceptors (Lipinski definition) is 3.